The number of aromatic nitrogens is 4. The average Bonchev–Trinajstić information content (AvgIpc) is 3.73. The molecule has 0 radical (unpaired) electrons. The maximum Gasteiger partial charge on any atom is 0.318 e. The van der Waals surface area contributed by atoms with Crippen LogP contribution in [0.2, 0.25) is 5.02 Å². The minimum Gasteiger partial charge on any atom is -0.467 e. The Balaban J connectivity index is 1.35. The van der Waals surface area contributed by atoms with Gasteiger partial charge in [0, 0.05) is 55.4 Å². The minimum absolute atomic E-state index is 0.0904. The number of nitrogens with zero attached hydrogens (tertiary/aromatic N) is 6. The van der Waals surface area contributed by atoms with Crippen molar-refractivity contribution in [1.82, 2.24) is 24.6 Å². The quantitative estimate of drug-likeness (QED) is 0.473. The zero-order chi connectivity index (χ0) is 27.4. The third-order valence-electron chi connectivity index (χ3n) is 7.92. The van der Waals surface area contributed by atoms with Crippen molar-refractivity contribution in [3.63, 3.8) is 0 Å². The molecule has 0 spiro atoms. The Labute approximate surface area is 233 Å². The smallest absolute Gasteiger partial charge is 0.318 e. The number of halogens is 1. The molecule has 3 aromatic rings. The third kappa shape index (κ3) is 4.69. The summed E-state index contributed by atoms with van der Waals surface area (Å²) < 4.78 is 14.0. The van der Waals surface area contributed by atoms with Crippen molar-refractivity contribution in [3.8, 4) is 6.01 Å². The van der Waals surface area contributed by atoms with E-state index in [9.17, 15) is 4.79 Å². The van der Waals surface area contributed by atoms with Gasteiger partial charge in [-0.2, -0.15) is 15.1 Å². The number of nitrogen functional groups attached to an aromatic ring is 1. The number of anilines is 2. The van der Waals surface area contributed by atoms with Crippen LogP contribution >= 0.6 is 11.6 Å². The molecule has 0 bridgehead atoms. The number of hydrogen-bond donors (Lipinski definition) is 1. The number of ether oxygens (including phenoxy) is 2. The highest BCUT2D eigenvalue weighted by molar-refractivity contribution is 6.31. The summed E-state index contributed by atoms with van der Waals surface area (Å²) in [4.78, 5) is 26.1. The van der Waals surface area contributed by atoms with Crippen molar-refractivity contribution in [2.45, 2.75) is 64.3 Å². The predicted molar refractivity (Wildman–Crippen MR) is 148 cm³/mol. The molecule has 206 valence electrons. The molecule has 1 aromatic carbocycles. The lowest BCUT2D eigenvalue weighted by molar-refractivity contribution is 0.0252. The normalized spacial score (nSPS) is 18.8. The number of nitrogens with two attached hydrogens (primary N) is 1. The van der Waals surface area contributed by atoms with E-state index in [4.69, 9.17) is 36.8 Å². The lowest BCUT2D eigenvalue weighted by Crippen LogP contribution is -2.29. The van der Waals surface area contributed by atoms with Crippen LogP contribution in [0.4, 0.5) is 11.5 Å². The highest BCUT2D eigenvalue weighted by Gasteiger charge is 2.35. The molecule has 2 aromatic heterocycles. The van der Waals surface area contributed by atoms with Crippen LogP contribution in [-0.2, 0) is 30.9 Å². The van der Waals surface area contributed by atoms with Gasteiger partial charge in [-0.3, -0.25) is 9.48 Å². The molecule has 10 nitrogen and oxygen atoms in total. The zero-order valence-electron chi connectivity index (χ0n) is 22.8. The Hall–Kier alpha value is -3.37. The van der Waals surface area contributed by atoms with Crippen LogP contribution in [-0.4, -0.2) is 58.3 Å². The van der Waals surface area contributed by atoms with Gasteiger partial charge in [-0.25, -0.2) is 0 Å². The number of amides is 1. The Morgan fingerprint density at radius 1 is 1.23 bits per heavy atom. The Kier molecular flexibility index (Phi) is 6.63. The number of hydrogen-bond acceptors (Lipinski definition) is 8. The molecule has 1 fully saturated rings. The summed E-state index contributed by atoms with van der Waals surface area (Å²) in [7, 11) is 5.08. The number of benzene rings is 1. The summed E-state index contributed by atoms with van der Waals surface area (Å²) in [5.41, 5.74) is 13.3. The lowest BCUT2D eigenvalue weighted by atomic mass is 9.92. The molecule has 2 N–H and O–H groups in total. The second kappa shape index (κ2) is 9.98. The number of carbonyl (C=O) groups excluding carboxylic acids is 1. The summed E-state index contributed by atoms with van der Waals surface area (Å²) in [5, 5.41) is 5.38. The van der Waals surface area contributed by atoms with Crippen molar-refractivity contribution in [3.05, 3.63) is 56.5 Å². The first kappa shape index (κ1) is 25.9. The summed E-state index contributed by atoms with van der Waals surface area (Å²) in [6.07, 6.45) is 3.50. The number of aryl methyl sites for hydroxylation is 1. The van der Waals surface area contributed by atoms with Crippen LogP contribution in [0.1, 0.15) is 75.4 Å². The second-order valence-corrected chi connectivity index (χ2v) is 11.3. The van der Waals surface area contributed by atoms with Crippen LogP contribution in [0.5, 0.6) is 6.01 Å². The highest BCUT2D eigenvalue weighted by Crippen LogP contribution is 2.49. The van der Waals surface area contributed by atoms with Crippen LogP contribution in [0.3, 0.4) is 0 Å². The van der Waals surface area contributed by atoms with Crippen LogP contribution in [0.15, 0.2) is 12.1 Å². The first-order valence-corrected chi connectivity index (χ1v) is 13.8. The summed E-state index contributed by atoms with van der Waals surface area (Å²) in [6.45, 7) is 4.43. The predicted octanol–water partition coefficient (Wildman–Crippen LogP) is 4.03. The van der Waals surface area contributed by atoms with Gasteiger partial charge in [0.25, 0.3) is 5.91 Å². The van der Waals surface area contributed by atoms with E-state index in [1.165, 1.54) is 0 Å². The molecule has 0 saturated heterocycles. The fourth-order valence-electron chi connectivity index (χ4n) is 5.75. The fraction of sp³-hybridized carbons (Fsp3) is 0.500. The zero-order valence-corrected chi connectivity index (χ0v) is 23.6. The third-order valence-corrected chi connectivity index (χ3v) is 8.24. The average molecular weight is 552 g/mol. The van der Waals surface area contributed by atoms with Gasteiger partial charge in [-0.15, -0.1) is 0 Å². The lowest BCUT2D eigenvalue weighted by Gasteiger charge is -2.31. The van der Waals surface area contributed by atoms with Crippen LogP contribution in [0, 0.1) is 6.92 Å². The van der Waals surface area contributed by atoms with E-state index in [-0.39, 0.29) is 12.0 Å². The standard InChI is InChI=1S/C28H34ClN7O3/c1-15-22-13-35(8-5-9-36(22)33-25(15)27(37)34(2)3)26-19-14-39-23(12-21(19)31-28(32-26)38-4)18-10-17(30)11-20(29)24(18)16-6-7-16/h10-11,16,23H,5-9,12-14,30H2,1-4H3. The van der Waals surface area contributed by atoms with Gasteiger partial charge < -0.3 is 25.0 Å². The van der Waals surface area contributed by atoms with Crippen molar-refractivity contribution in [2.75, 3.05) is 38.4 Å². The number of fused-ring (bicyclic) bond motifs is 2. The molecule has 1 atom stereocenters. The largest absolute Gasteiger partial charge is 0.467 e. The Morgan fingerprint density at radius 3 is 2.74 bits per heavy atom. The van der Waals surface area contributed by atoms with E-state index in [2.05, 4.69) is 10.00 Å². The van der Waals surface area contributed by atoms with Gasteiger partial charge in [0.05, 0.1) is 37.8 Å². The molecule has 1 saturated carbocycles. The molecular formula is C28H34ClN7O3. The van der Waals surface area contributed by atoms with Gasteiger partial charge in [0.1, 0.15) is 5.82 Å². The van der Waals surface area contributed by atoms with E-state index >= 15 is 0 Å². The van der Waals surface area contributed by atoms with Gasteiger partial charge in [-0.05, 0) is 55.4 Å². The maximum atomic E-state index is 12.7. The van der Waals surface area contributed by atoms with Gasteiger partial charge >= 0.3 is 6.01 Å². The number of rotatable bonds is 5. The number of carbonyl (C=O) groups is 1. The number of methoxy groups -OCH3 is 1. The minimum atomic E-state index is -0.200. The first-order chi connectivity index (χ1) is 18.7. The molecule has 1 aliphatic carbocycles. The van der Waals surface area contributed by atoms with E-state index in [1.54, 1.807) is 26.1 Å². The van der Waals surface area contributed by atoms with Crippen molar-refractivity contribution in [1.29, 1.82) is 0 Å². The van der Waals surface area contributed by atoms with E-state index in [0.29, 0.717) is 47.9 Å². The first-order valence-electron chi connectivity index (χ1n) is 13.4. The monoisotopic (exact) mass is 551 g/mol. The van der Waals surface area contributed by atoms with E-state index in [0.717, 1.165) is 71.8 Å². The molecule has 6 rings (SSSR count). The van der Waals surface area contributed by atoms with Crippen LogP contribution < -0.4 is 15.4 Å². The maximum absolute atomic E-state index is 12.7. The van der Waals surface area contributed by atoms with Gasteiger partial charge in [0.2, 0.25) is 0 Å². The van der Waals surface area contributed by atoms with E-state index < -0.39 is 0 Å². The topological polar surface area (TPSA) is 112 Å². The second-order valence-electron chi connectivity index (χ2n) is 10.9. The summed E-state index contributed by atoms with van der Waals surface area (Å²) in [5.74, 6) is 1.17. The Bertz CT molecular complexity index is 1450. The molecule has 2 aliphatic heterocycles. The van der Waals surface area contributed by atoms with Crippen LogP contribution in [0.25, 0.3) is 0 Å². The van der Waals surface area contributed by atoms with Gasteiger partial charge in [0.15, 0.2) is 5.69 Å². The highest BCUT2D eigenvalue weighted by atomic mass is 35.5. The van der Waals surface area contributed by atoms with Gasteiger partial charge in [-0.1, -0.05) is 11.6 Å². The molecule has 4 heterocycles. The van der Waals surface area contributed by atoms with Crippen molar-refractivity contribution >= 4 is 29.0 Å². The summed E-state index contributed by atoms with van der Waals surface area (Å²) in [6, 6.07) is 4.16. The Morgan fingerprint density at radius 2 is 2.03 bits per heavy atom. The molecule has 11 heteroatoms. The molecular weight excluding hydrogens is 518 g/mol. The molecule has 39 heavy (non-hydrogen) atoms. The molecule has 1 unspecified atom stereocenters. The fourth-order valence-corrected chi connectivity index (χ4v) is 6.14. The molecule has 3 aliphatic rings. The van der Waals surface area contributed by atoms with E-state index in [1.807, 2.05) is 23.7 Å². The molecule has 1 amide bonds. The van der Waals surface area contributed by atoms with Crippen molar-refractivity contribution in [2.24, 2.45) is 0 Å². The summed E-state index contributed by atoms with van der Waals surface area (Å²) >= 11 is 6.65. The van der Waals surface area contributed by atoms with Crippen molar-refractivity contribution < 1.29 is 14.3 Å². The SMILES string of the molecule is COc1nc2c(c(N3CCCn4nc(C(=O)N(C)C)c(C)c4C3)n1)COC(c1cc(N)cc(Cl)c1C1CC1)C2.